The number of benzene rings is 3. The van der Waals surface area contributed by atoms with Gasteiger partial charge in [-0.15, -0.1) is 0 Å². The number of carbonyl (C=O) groups is 2. The van der Waals surface area contributed by atoms with Crippen molar-refractivity contribution in [1.29, 1.82) is 0 Å². The van der Waals surface area contributed by atoms with Gasteiger partial charge in [0.1, 0.15) is 12.6 Å². The van der Waals surface area contributed by atoms with E-state index in [-0.39, 0.29) is 23.0 Å². The van der Waals surface area contributed by atoms with Crippen LogP contribution in [0.4, 0.5) is 5.69 Å². The molecule has 0 saturated carbocycles. The van der Waals surface area contributed by atoms with E-state index in [0.717, 1.165) is 25.5 Å². The molecule has 0 fully saturated rings. The molecule has 0 heterocycles. The SMILES string of the molecule is Cc1ccc(S(=O)(=O)N(CC(=O)N(Cc2ccc(Br)cc2)[C@@H](C)C(=O)NC(C)(C)C)c2ccc(C)c(Cl)c2)cc1. The molecule has 0 bridgehead atoms. The Morgan fingerprint density at radius 1 is 0.975 bits per heavy atom. The van der Waals surface area contributed by atoms with Crippen LogP contribution in [0.15, 0.2) is 76.1 Å². The number of nitrogens with zero attached hydrogens (tertiary/aromatic N) is 2. The monoisotopic (exact) mass is 647 g/mol. The summed E-state index contributed by atoms with van der Waals surface area (Å²) in [6.07, 6.45) is 0. The van der Waals surface area contributed by atoms with Gasteiger partial charge in [0.05, 0.1) is 10.6 Å². The van der Waals surface area contributed by atoms with E-state index < -0.39 is 34.1 Å². The number of aryl methyl sites for hydroxylation is 2. The molecule has 0 radical (unpaired) electrons. The van der Waals surface area contributed by atoms with Crippen LogP contribution in [0, 0.1) is 13.8 Å². The third kappa shape index (κ3) is 8.08. The van der Waals surface area contributed by atoms with Crippen molar-refractivity contribution in [2.45, 2.75) is 64.6 Å². The van der Waals surface area contributed by atoms with Crippen molar-refractivity contribution < 1.29 is 18.0 Å². The molecule has 0 aliphatic rings. The van der Waals surface area contributed by atoms with Crippen molar-refractivity contribution in [2.75, 3.05) is 10.8 Å². The quantitative estimate of drug-likeness (QED) is 0.297. The average molecular weight is 649 g/mol. The van der Waals surface area contributed by atoms with Crippen molar-refractivity contribution in [3.05, 3.63) is 92.9 Å². The fourth-order valence-corrected chi connectivity index (χ4v) is 5.79. The molecule has 0 aromatic heterocycles. The summed E-state index contributed by atoms with van der Waals surface area (Å²) in [6.45, 7) is 10.5. The Morgan fingerprint density at radius 2 is 1.57 bits per heavy atom. The van der Waals surface area contributed by atoms with Crippen LogP contribution < -0.4 is 9.62 Å². The molecule has 7 nitrogen and oxygen atoms in total. The minimum atomic E-state index is -4.16. The summed E-state index contributed by atoms with van der Waals surface area (Å²) in [4.78, 5) is 28.6. The molecule has 3 aromatic carbocycles. The number of carbonyl (C=O) groups excluding carboxylic acids is 2. The van der Waals surface area contributed by atoms with Gasteiger partial charge in [-0.05, 0) is 89.1 Å². The van der Waals surface area contributed by atoms with Crippen LogP contribution in [0.2, 0.25) is 5.02 Å². The number of anilines is 1. The van der Waals surface area contributed by atoms with Crippen molar-refractivity contribution >= 4 is 55.1 Å². The maximum atomic E-state index is 14.0. The first-order chi connectivity index (χ1) is 18.6. The van der Waals surface area contributed by atoms with E-state index in [4.69, 9.17) is 11.6 Å². The summed E-state index contributed by atoms with van der Waals surface area (Å²) in [5.74, 6) is -0.879. The fraction of sp³-hybridized carbons (Fsp3) is 0.333. The highest BCUT2D eigenvalue weighted by Gasteiger charge is 2.33. The highest BCUT2D eigenvalue weighted by molar-refractivity contribution is 9.10. The molecule has 3 rings (SSSR count). The standard InChI is InChI=1S/C30H35BrClN3O4S/c1-20-7-15-26(16-8-20)40(38,39)35(25-14-9-21(2)27(32)17-25)19-28(36)34(18-23-10-12-24(31)13-11-23)22(3)29(37)33-30(4,5)6/h7-17,22H,18-19H2,1-6H3,(H,33,37)/t22-/m0/s1. The average Bonchev–Trinajstić information content (AvgIpc) is 2.87. The van der Waals surface area contributed by atoms with Crippen LogP contribution in [0.25, 0.3) is 0 Å². The Morgan fingerprint density at radius 3 is 2.12 bits per heavy atom. The van der Waals surface area contributed by atoms with Crippen molar-refractivity contribution in [3.63, 3.8) is 0 Å². The molecule has 3 aromatic rings. The summed E-state index contributed by atoms with van der Waals surface area (Å²) >= 11 is 9.79. The van der Waals surface area contributed by atoms with E-state index in [1.54, 1.807) is 31.2 Å². The van der Waals surface area contributed by atoms with E-state index in [1.807, 2.05) is 58.9 Å². The summed E-state index contributed by atoms with van der Waals surface area (Å²) in [5.41, 5.74) is 2.20. The van der Waals surface area contributed by atoms with Crippen LogP contribution in [-0.2, 0) is 26.2 Å². The van der Waals surface area contributed by atoms with E-state index >= 15 is 0 Å². The number of hydrogen-bond donors (Lipinski definition) is 1. The molecule has 2 amide bonds. The molecule has 0 aliphatic carbocycles. The van der Waals surface area contributed by atoms with Gasteiger partial charge in [-0.2, -0.15) is 0 Å². The zero-order valence-electron chi connectivity index (χ0n) is 23.5. The first-order valence-corrected chi connectivity index (χ1v) is 15.4. The third-order valence-corrected chi connectivity index (χ3v) is 8.99. The summed E-state index contributed by atoms with van der Waals surface area (Å²) < 4.78 is 29.8. The Balaban J connectivity index is 2.06. The largest absolute Gasteiger partial charge is 0.350 e. The normalized spacial score (nSPS) is 12.5. The molecule has 1 atom stereocenters. The fourth-order valence-electron chi connectivity index (χ4n) is 3.95. The molecule has 0 spiro atoms. The Hall–Kier alpha value is -2.88. The lowest BCUT2D eigenvalue weighted by atomic mass is 10.1. The number of hydrogen-bond acceptors (Lipinski definition) is 4. The third-order valence-electron chi connectivity index (χ3n) is 6.26. The van der Waals surface area contributed by atoms with E-state index in [9.17, 15) is 18.0 Å². The maximum absolute atomic E-state index is 14.0. The number of nitrogens with one attached hydrogen (secondary N) is 1. The highest BCUT2D eigenvalue weighted by atomic mass is 79.9. The van der Waals surface area contributed by atoms with Crippen LogP contribution >= 0.6 is 27.5 Å². The predicted octanol–water partition coefficient (Wildman–Crippen LogP) is 6.25. The number of rotatable bonds is 9. The Bertz CT molecular complexity index is 1470. The van der Waals surface area contributed by atoms with E-state index in [2.05, 4.69) is 21.2 Å². The van der Waals surface area contributed by atoms with Gasteiger partial charge in [0.15, 0.2) is 0 Å². The topological polar surface area (TPSA) is 86.8 Å². The van der Waals surface area contributed by atoms with E-state index in [0.29, 0.717) is 5.02 Å². The van der Waals surface area contributed by atoms with Crippen LogP contribution in [-0.4, -0.2) is 43.3 Å². The number of sulfonamides is 1. The predicted molar refractivity (Wildman–Crippen MR) is 164 cm³/mol. The van der Waals surface area contributed by atoms with Gasteiger partial charge in [-0.3, -0.25) is 13.9 Å². The molecule has 0 saturated heterocycles. The van der Waals surface area contributed by atoms with Gasteiger partial charge in [0.2, 0.25) is 11.8 Å². The summed E-state index contributed by atoms with van der Waals surface area (Å²) in [7, 11) is -4.16. The second-order valence-electron chi connectivity index (χ2n) is 10.8. The Labute approximate surface area is 250 Å². The van der Waals surface area contributed by atoms with Gasteiger partial charge in [-0.25, -0.2) is 8.42 Å². The molecule has 214 valence electrons. The van der Waals surface area contributed by atoms with Gasteiger partial charge in [0, 0.05) is 21.6 Å². The summed E-state index contributed by atoms with van der Waals surface area (Å²) in [5, 5.41) is 3.29. The van der Waals surface area contributed by atoms with E-state index in [1.165, 1.54) is 23.1 Å². The highest BCUT2D eigenvalue weighted by Crippen LogP contribution is 2.29. The minimum Gasteiger partial charge on any atom is -0.350 e. The first-order valence-electron chi connectivity index (χ1n) is 12.8. The molecular weight excluding hydrogens is 614 g/mol. The molecule has 0 unspecified atom stereocenters. The molecule has 1 N–H and O–H groups in total. The van der Waals surface area contributed by atoms with Crippen LogP contribution in [0.3, 0.4) is 0 Å². The zero-order chi connectivity index (χ0) is 29.8. The lowest BCUT2D eigenvalue weighted by molar-refractivity contribution is -0.140. The first kappa shape index (κ1) is 31.6. The smallest absolute Gasteiger partial charge is 0.264 e. The number of halogens is 2. The van der Waals surface area contributed by atoms with Gasteiger partial charge >= 0.3 is 0 Å². The Kier molecular flexibility index (Phi) is 10.1. The van der Waals surface area contributed by atoms with Gasteiger partial charge < -0.3 is 10.2 Å². The molecule has 0 aliphatic heterocycles. The maximum Gasteiger partial charge on any atom is 0.264 e. The lowest BCUT2D eigenvalue weighted by Crippen LogP contribution is -2.54. The second kappa shape index (κ2) is 12.7. The van der Waals surface area contributed by atoms with Crippen molar-refractivity contribution in [2.24, 2.45) is 0 Å². The van der Waals surface area contributed by atoms with Gasteiger partial charge in [0.25, 0.3) is 10.0 Å². The zero-order valence-corrected chi connectivity index (χ0v) is 26.7. The lowest BCUT2D eigenvalue weighted by Gasteiger charge is -2.33. The number of amides is 2. The van der Waals surface area contributed by atoms with Crippen LogP contribution in [0.5, 0.6) is 0 Å². The molecular formula is C30H35BrClN3O4S. The molecule has 10 heteroatoms. The molecule has 40 heavy (non-hydrogen) atoms. The van der Waals surface area contributed by atoms with Crippen LogP contribution in [0.1, 0.15) is 44.4 Å². The van der Waals surface area contributed by atoms with Crippen molar-refractivity contribution in [1.82, 2.24) is 10.2 Å². The minimum absolute atomic E-state index is 0.0422. The van der Waals surface area contributed by atoms with Gasteiger partial charge in [-0.1, -0.05) is 63.4 Å². The van der Waals surface area contributed by atoms with Crippen molar-refractivity contribution in [3.8, 4) is 0 Å². The second-order valence-corrected chi connectivity index (χ2v) is 14.0. The summed E-state index contributed by atoms with van der Waals surface area (Å²) in [6, 6.07) is 17.8.